The largest absolute Gasteiger partial charge is 0.444 e. The summed E-state index contributed by atoms with van der Waals surface area (Å²) in [5, 5.41) is 4.83. The lowest BCUT2D eigenvalue weighted by Crippen LogP contribution is -2.42. The van der Waals surface area contributed by atoms with Crippen molar-refractivity contribution in [2.75, 3.05) is 0 Å². The molecule has 10 nitrogen and oxygen atoms in total. The van der Waals surface area contributed by atoms with Gasteiger partial charge in [-0.25, -0.2) is 19.7 Å². The Kier molecular flexibility index (Phi) is 9.75. The molecule has 0 saturated heterocycles. The summed E-state index contributed by atoms with van der Waals surface area (Å²) in [6.45, 7) is 13.6. The van der Waals surface area contributed by atoms with Crippen LogP contribution in [-0.2, 0) is 23.1 Å². The van der Waals surface area contributed by atoms with Gasteiger partial charge in [0, 0.05) is 0 Å². The van der Waals surface area contributed by atoms with E-state index in [0.29, 0.717) is 0 Å². The SMILES string of the molecule is CCC(NC(=O)OC(C)(C)C)OP(N)(=O)OC(CC)NC(=O)OC(C)(C)C. The highest BCUT2D eigenvalue weighted by atomic mass is 31.2. The fraction of sp³-hybridized carbons (Fsp3) is 0.875. The molecule has 2 unspecified atom stereocenters. The molecule has 0 aliphatic carbocycles. The van der Waals surface area contributed by atoms with Gasteiger partial charge in [0.15, 0.2) is 0 Å². The average molecular weight is 411 g/mol. The first-order chi connectivity index (χ1) is 12.1. The fourth-order valence-electron chi connectivity index (χ4n) is 1.66. The van der Waals surface area contributed by atoms with E-state index in [1.165, 1.54) is 0 Å². The van der Waals surface area contributed by atoms with Crippen LogP contribution in [0, 0.1) is 0 Å². The number of nitrogens with two attached hydrogens (primary N) is 1. The molecule has 0 rings (SSSR count). The van der Waals surface area contributed by atoms with Crippen molar-refractivity contribution in [3.8, 4) is 0 Å². The van der Waals surface area contributed by atoms with Gasteiger partial charge >= 0.3 is 19.9 Å². The van der Waals surface area contributed by atoms with Crippen molar-refractivity contribution in [3.05, 3.63) is 0 Å². The third-order valence-electron chi connectivity index (χ3n) is 2.65. The standard InChI is InChI=1S/C16H34N3O7P/c1-9-11(18-13(20)23-15(3,4)5)25-27(17,22)26-12(10-2)19-14(21)24-16(6,7)8/h11-12H,9-10H2,1-8H3,(H2,17,22)(H,18,20)(H,19,21). The highest BCUT2D eigenvalue weighted by molar-refractivity contribution is 7.51. The van der Waals surface area contributed by atoms with Crippen LogP contribution < -0.4 is 16.1 Å². The molecule has 0 saturated carbocycles. The molecule has 2 amide bonds. The van der Waals surface area contributed by atoms with E-state index in [1.807, 2.05) is 0 Å². The van der Waals surface area contributed by atoms with Gasteiger partial charge in [-0.15, -0.1) is 0 Å². The van der Waals surface area contributed by atoms with Crippen LogP contribution in [0.4, 0.5) is 9.59 Å². The summed E-state index contributed by atoms with van der Waals surface area (Å²) < 4.78 is 33.0. The molecule has 2 atom stereocenters. The van der Waals surface area contributed by atoms with Crippen LogP contribution in [0.2, 0.25) is 0 Å². The van der Waals surface area contributed by atoms with Crippen molar-refractivity contribution in [2.45, 2.75) is 91.9 Å². The molecule has 0 fully saturated rings. The van der Waals surface area contributed by atoms with Crippen LogP contribution in [0.1, 0.15) is 68.2 Å². The van der Waals surface area contributed by atoms with Gasteiger partial charge < -0.3 is 9.47 Å². The number of rotatable bonds is 8. The van der Waals surface area contributed by atoms with E-state index >= 15 is 0 Å². The topological polar surface area (TPSA) is 138 Å². The molecule has 11 heteroatoms. The second-order valence-electron chi connectivity index (χ2n) is 7.84. The van der Waals surface area contributed by atoms with Crippen molar-refractivity contribution in [3.63, 3.8) is 0 Å². The smallest absolute Gasteiger partial charge is 0.409 e. The van der Waals surface area contributed by atoms with Crippen LogP contribution in [0.5, 0.6) is 0 Å². The molecular weight excluding hydrogens is 377 g/mol. The summed E-state index contributed by atoms with van der Waals surface area (Å²) >= 11 is 0. The van der Waals surface area contributed by atoms with Gasteiger partial charge in [0.05, 0.1) is 0 Å². The summed E-state index contributed by atoms with van der Waals surface area (Å²) in [7, 11) is -4.09. The van der Waals surface area contributed by atoms with Gasteiger partial charge in [-0.3, -0.25) is 19.7 Å². The molecule has 27 heavy (non-hydrogen) atoms. The van der Waals surface area contributed by atoms with Gasteiger partial charge in [0.25, 0.3) is 0 Å². The van der Waals surface area contributed by atoms with Crippen molar-refractivity contribution in [1.82, 2.24) is 10.6 Å². The molecule has 0 radical (unpaired) electrons. The Hall–Kier alpha value is -1.35. The Bertz CT molecular complexity index is 499. The second kappa shape index (κ2) is 10.3. The number of amides is 2. The quantitative estimate of drug-likeness (QED) is 0.407. The molecule has 0 bridgehead atoms. The van der Waals surface area contributed by atoms with Crippen molar-refractivity contribution >= 4 is 19.9 Å². The Balaban J connectivity index is 4.78. The number of hydrogen-bond donors (Lipinski definition) is 3. The second-order valence-corrected chi connectivity index (χ2v) is 9.34. The normalized spacial score (nSPS) is 16.6. The zero-order valence-electron chi connectivity index (χ0n) is 17.5. The molecule has 0 aliphatic rings. The van der Waals surface area contributed by atoms with Crippen molar-refractivity contribution in [2.24, 2.45) is 5.50 Å². The summed E-state index contributed by atoms with van der Waals surface area (Å²) in [4.78, 5) is 23.6. The van der Waals surface area contributed by atoms with Crippen molar-refractivity contribution in [1.29, 1.82) is 0 Å². The molecule has 0 aliphatic heterocycles. The molecule has 0 aromatic heterocycles. The van der Waals surface area contributed by atoms with E-state index in [4.69, 9.17) is 24.0 Å². The van der Waals surface area contributed by atoms with Crippen molar-refractivity contribution < 1.29 is 32.7 Å². The van der Waals surface area contributed by atoms with E-state index in [1.54, 1.807) is 55.4 Å². The lowest BCUT2D eigenvalue weighted by atomic mass is 10.2. The highest BCUT2D eigenvalue weighted by Crippen LogP contribution is 2.42. The third-order valence-corrected chi connectivity index (χ3v) is 3.74. The van der Waals surface area contributed by atoms with E-state index in [-0.39, 0.29) is 12.8 Å². The maximum atomic E-state index is 12.4. The molecule has 160 valence electrons. The van der Waals surface area contributed by atoms with Crippen LogP contribution in [0.15, 0.2) is 0 Å². The summed E-state index contributed by atoms with van der Waals surface area (Å²) in [6, 6.07) is 0. The number of carbonyl (C=O) groups excluding carboxylic acids is 2. The average Bonchev–Trinajstić information content (AvgIpc) is 2.40. The van der Waals surface area contributed by atoms with Crippen LogP contribution >= 0.6 is 7.75 Å². The molecule has 0 heterocycles. The summed E-state index contributed by atoms with van der Waals surface area (Å²) in [5.74, 6) is 0. The summed E-state index contributed by atoms with van der Waals surface area (Å²) in [5.41, 5.74) is 4.21. The summed E-state index contributed by atoms with van der Waals surface area (Å²) in [6.07, 6.45) is -2.94. The zero-order chi connectivity index (χ0) is 21.5. The maximum Gasteiger partial charge on any atom is 0.409 e. The monoisotopic (exact) mass is 411 g/mol. The minimum Gasteiger partial charge on any atom is -0.444 e. The molecular formula is C16H34N3O7P. The Morgan fingerprint density at radius 2 is 1.15 bits per heavy atom. The highest BCUT2D eigenvalue weighted by Gasteiger charge is 2.30. The first-order valence-corrected chi connectivity index (χ1v) is 10.4. The molecule has 0 aromatic carbocycles. The number of hydrogen-bond acceptors (Lipinski definition) is 7. The number of nitrogens with one attached hydrogen (secondary N) is 2. The Morgan fingerprint density at radius 3 is 1.37 bits per heavy atom. The van der Waals surface area contributed by atoms with E-state index in [2.05, 4.69) is 10.6 Å². The lowest BCUT2D eigenvalue weighted by Gasteiger charge is -2.27. The van der Waals surface area contributed by atoms with Crippen LogP contribution in [0.3, 0.4) is 0 Å². The predicted octanol–water partition coefficient (Wildman–Crippen LogP) is 3.61. The fourth-order valence-corrected chi connectivity index (χ4v) is 2.83. The molecule has 4 N–H and O–H groups in total. The minimum absolute atomic E-state index is 0.264. The zero-order valence-corrected chi connectivity index (χ0v) is 18.3. The van der Waals surface area contributed by atoms with Gasteiger partial charge in [0.2, 0.25) is 0 Å². The first-order valence-electron chi connectivity index (χ1n) is 8.81. The van der Waals surface area contributed by atoms with Gasteiger partial charge in [-0.2, -0.15) is 0 Å². The lowest BCUT2D eigenvalue weighted by molar-refractivity contribution is 0.0272. The first kappa shape index (κ1) is 25.6. The molecule has 0 spiro atoms. The minimum atomic E-state index is -4.09. The Labute approximate surface area is 161 Å². The maximum absolute atomic E-state index is 12.4. The number of ether oxygens (including phenoxy) is 2. The number of carbonyl (C=O) groups is 2. The van der Waals surface area contributed by atoms with Gasteiger partial charge in [0.1, 0.15) is 23.7 Å². The predicted molar refractivity (Wildman–Crippen MR) is 101 cm³/mol. The van der Waals surface area contributed by atoms with Crippen LogP contribution in [0.25, 0.3) is 0 Å². The third kappa shape index (κ3) is 13.5. The van der Waals surface area contributed by atoms with Crippen LogP contribution in [-0.4, -0.2) is 35.8 Å². The van der Waals surface area contributed by atoms with Gasteiger partial charge in [-0.1, -0.05) is 13.8 Å². The molecule has 0 aromatic rings. The Morgan fingerprint density at radius 1 is 0.852 bits per heavy atom. The van der Waals surface area contributed by atoms with E-state index in [0.717, 1.165) is 0 Å². The number of alkyl carbamates (subject to hydrolysis) is 2. The van der Waals surface area contributed by atoms with E-state index < -0.39 is 43.6 Å². The van der Waals surface area contributed by atoms with Gasteiger partial charge in [-0.05, 0) is 54.4 Å². The van der Waals surface area contributed by atoms with E-state index in [9.17, 15) is 14.2 Å².